The van der Waals surface area contributed by atoms with Gasteiger partial charge in [-0.2, -0.15) is 5.10 Å². The molecule has 0 spiro atoms. The van der Waals surface area contributed by atoms with Gasteiger partial charge < -0.3 is 14.9 Å². The Morgan fingerprint density at radius 3 is 2.32 bits per heavy atom. The van der Waals surface area contributed by atoms with Gasteiger partial charge in [-0.3, -0.25) is 0 Å². The lowest BCUT2D eigenvalue weighted by Gasteiger charge is -2.32. The molecule has 2 aromatic carbocycles. The van der Waals surface area contributed by atoms with E-state index in [-0.39, 0.29) is 6.10 Å². The second kappa shape index (κ2) is 7.59. The van der Waals surface area contributed by atoms with Crippen molar-refractivity contribution >= 4 is 11.6 Å². The minimum Gasteiger partial charge on any atom is -0.497 e. The number of halogens is 1. The molecule has 5 nitrogen and oxygen atoms in total. The van der Waals surface area contributed by atoms with E-state index in [1.54, 1.807) is 7.11 Å². The standard InChI is InChI=1S/C22H23ClN2O3/c1-28-19-8-6-17(7-9-19)25-20(15-2-4-16(23)5-3-15)14-21(24-25)22(27)12-10-18(26)11-13-22/h2-9,14,18,26-27H,10-13H2,1H3/t18-,22+. The van der Waals surface area contributed by atoms with Gasteiger partial charge >= 0.3 is 0 Å². The smallest absolute Gasteiger partial charge is 0.119 e. The molecule has 1 heterocycles. The summed E-state index contributed by atoms with van der Waals surface area (Å²) in [4.78, 5) is 0. The highest BCUT2D eigenvalue weighted by atomic mass is 35.5. The van der Waals surface area contributed by atoms with E-state index < -0.39 is 5.60 Å². The van der Waals surface area contributed by atoms with Crippen LogP contribution in [0.2, 0.25) is 5.02 Å². The van der Waals surface area contributed by atoms with Crippen LogP contribution in [-0.2, 0) is 5.60 Å². The van der Waals surface area contributed by atoms with Gasteiger partial charge in [0.05, 0.1) is 30.3 Å². The molecule has 2 N–H and O–H groups in total. The van der Waals surface area contributed by atoms with Crippen molar-refractivity contribution in [2.45, 2.75) is 37.4 Å². The van der Waals surface area contributed by atoms with Crippen LogP contribution in [0, 0.1) is 0 Å². The van der Waals surface area contributed by atoms with Crippen molar-refractivity contribution in [3.8, 4) is 22.7 Å². The van der Waals surface area contributed by atoms with Crippen LogP contribution in [-0.4, -0.2) is 33.2 Å². The predicted octanol–water partition coefficient (Wildman–Crippen LogP) is 4.32. The molecule has 6 heteroatoms. The summed E-state index contributed by atoms with van der Waals surface area (Å²) >= 11 is 6.05. The van der Waals surface area contributed by atoms with Crippen molar-refractivity contribution in [1.82, 2.24) is 9.78 Å². The number of aliphatic hydroxyl groups excluding tert-OH is 1. The van der Waals surface area contributed by atoms with Crippen molar-refractivity contribution in [1.29, 1.82) is 0 Å². The summed E-state index contributed by atoms with van der Waals surface area (Å²) in [6, 6.07) is 17.1. The minimum absolute atomic E-state index is 0.348. The highest BCUT2D eigenvalue weighted by Crippen LogP contribution is 2.38. The lowest BCUT2D eigenvalue weighted by atomic mass is 9.81. The van der Waals surface area contributed by atoms with Crippen LogP contribution in [0.25, 0.3) is 16.9 Å². The molecule has 146 valence electrons. The number of rotatable bonds is 4. The van der Waals surface area contributed by atoms with Crippen LogP contribution in [0.1, 0.15) is 31.4 Å². The first-order valence-electron chi connectivity index (χ1n) is 9.40. The molecule has 1 aromatic heterocycles. The van der Waals surface area contributed by atoms with E-state index in [2.05, 4.69) is 0 Å². The van der Waals surface area contributed by atoms with Crippen LogP contribution in [0.15, 0.2) is 54.6 Å². The fourth-order valence-corrected chi connectivity index (χ4v) is 3.82. The van der Waals surface area contributed by atoms with E-state index in [0.717, 1.165) is 22.7 Å². The van der Waals surface area contributed by atoms with Gasteiger partial charge in [-0.15, -0.1) is 0 Å². The first kappa shape index (κ1) is 19.0. The van der Waals surface area contributed by atoms with Gasteiger partial charge in [-0.1, -0.05) is 23.7 Å². The zero-order chi connectivity index (χ0) is 19.7. The fraction of sp³-hybridized carbons (Fsp3) is 0.318. The van der Waals surface area contributed by atoms with Crippen molar-refractivity contribution in [2.75, 3.05) is 7.11 Å². The topological polar surface area (TPSA) is 67.5 Å². The summed E-state index contributed by atoms with van der Waals surface area (Å²) in [7, 11) is 1.63. The molecule has 4 rings (SSSR count). The Hall–Kier alpha value is -2.34. The summed E-state index contributed by atoms with van der Waals surface area (Å²) in [5, 5.41) is 26.4. The van der Waals surface area contributed by atoms with Crippen LogP contribution in [0.5, 0.6) is 5.75 Å². The lowest BCUT2D eigenvalue weighted by Crippen LogP contribution is -2.33. The zero-order valence-electron chi connectivity index (χ0n) is 15.7. The minimum atomic E-state index is -1.03. The SMILES string of the molecule is COc1ccc(-n2nc([C@]3(O)CC[C@@H](O)CC3)cc2-c2ccc(Cl)cc2)cc1. The molecular formula is C22H23ClN2O3. The van der Waals surface area contributed by atoms with Crippen molar-refractivity contribution < 1.29 is 14.9 Å². The molecule has 1 saturated carbocycles. The molecule has 3 aromatic rings. The van der Waals surface area contributed by atoms with E-state index in [9.17, 15) is 10.2 Å². The summed E-state index contributed by atoms with van der Waals surface area (Å²) in [5.41, 5.74) is 2.30. The van der Waals surface area contributed by atoms with E-state index in [1.807, 2.05) is 59.3 Å². The van der Waals surface area contributed by atoms with E-state index in [0.29, 0.717) is 36.4 Å². The van der Waals surface area contributed by atoms with E-state index in [1.165, 1.54) is 0 Å². The third-order valence-electron chi connectivity index (χ3n) is 5.43. The number of hydrogen-bond acceptors (Lipinski definition) is 4. The molecule has 0 atom stereocenters. The van der Waals surface area contributed by atoms with Crippen LogP contribution < -0.4 is 4.74 Å². The number of methoxy groups -OCH3 is 1. The Morgan fingerprint density at radius 2 is 1.71 bits per heavy atom. The number of ether oxygens (including phenoxy) is 1. The second-order valence-corrected chi connectivity index (χ2v) is 7.73. The van der Waals surface area contributed by atoms with Gasteiger partial charge in [0.1, 0.15) is 11.4 Å². The highest BCUT2D eigenvalue weighted by molar-refractivity contribution is 6.30. The summed E-state index contributed by atoms with van der Waals surface area (Å²) in [6.45, 7) is 0. The lowest BCUT2D eigenvalue weighted by molar-refractivity contribution is -0.0393. The van der Waals surface area contributed by atoms with Gasteiger partial charge in [-0.05, 0) is 68.1 Å². The van der Waals surface area contributed by atoms with Crippen molar-refractivity contribution in [2.24, 2.45) is 0 Å². The van der Waals surface area contributed by atoms with Gasteiger partial charge in [-0.25, -0.2) is 4.68 Å². The van der Waals surface area contributed by atoms with E-state index >= 15 is 0 Å². The summed E-state index contributed by atoms with van der Waals surface area (Å²) in [5.74, 6) is 0.768. The third kappa shape index (κ3) is 3.65. The Kier molecular flexibility index (Phi) is 5.15. The van der Waals surface area contributed by atoms with Gasteiger partial charge in [0, 0.05) is 10.6 Å². The first-order chi connectivity index (χ1) is 13.5. The highest BCUT2D eigenvalue weighted by Gasteiger charge is 2.37. The Balaban J connectivity index is 1.80. The number of aliphatic hydroxyl groups is 2. The Labute approximate surface area is 169 Å². The zero-order valence-corrected chi connectivity index (χ0v) is 16.4. The quantitative estimate of drug-likeness (QED) is 0.686. The molecular weight excluding hydrogens is 376 g/mol. The predicted molar refractivity (Wildman–Crippen MR) is 109 cm³/mol. The Morgan fingerprint density at radius 1 is 1.07 bits per heavy atom. The Bertz CT molecular complexity index is 943. The second-order valence-electron chi connectivity index (χ2n) is 7.29. The summed E-state index contributed by atoms with van der Waals surface area (Å²) < 4.78 is 7.09. The van der Waals surface area contributed by atoms with Gasteiger partial charge in [0.15, 0.2) is 0 Å². The van der Waals surface area contributed by atoms with Crippen molar-refractivity contribution in [3.05, 3.63) is 65.3 Å². The molecule has 1 fully saturated rings. The van der Waals surface area contributed by atoms with Crippen LogP contribution in [0.3, 0.4) is 0 Å². The molecule has 0 saturated heterocycles. The average molecular weight is 399 g/mol. The van der Waals surface area contributed by atoms with Gasteiger partial charge in [0.25, 0.3) is 0 Å². The molecule has 0 radical (unpaired) electrons. The number of hydrogen-bond donors (Lipinski definition) is 2. The maximum absolute atomic E-state index is 11.2. The number of benzene rings is 2. The fourth-order valence-electron chi connectivity index (χ4n) is 3.69. The van der Waals surface area contributed by atoms with Crippen LogP contribution >= 0.6 is 11.6 Å². The molecule has 0 aliphatic heterocycles. The van der Waals surface area contributed by atoms with E-state index in [4.69, 9.17) is 21.4 Å². The number of nitrogens with zero attached hydrogens (tertiary/aromatic N) is 2. The largest absolute Gasteiger partial charge is 0.497 e. The average Bonchev–Trinajstić information content (AvgIpc) is 3.17. The molecule has 0 unspecified atom stereocenters. The van der Waals surface area contributed by atoms with Crippen LogP contribution in [0.4, 0.5) is 0 Å². The first-order valence-corrected chi connectivity index (χ1v) is 9.78. The molecule has 28 heavy (non-hydrogen) atoms. The molecule has 0 amide bonds. The number of aromatic nitrogens is 2. The normalized spacial score (nSPS) is 22.2. The summed E-state index contributed by atoms with van der Waals surface area (Å²) in [6.07, 6.45) is 1.78. The third-order valence-corrected chi connectivity index (χ3v) is 5.68. The molecule has 0 bridgehead atoms. The molecule has 1 aliphatic carbocycles. The van der Waals surface area contributed by atoms with Gasteiger partial charge in [0.2, 0.25) is 0 Å². The maximum atomic E-state index is 11.2. The maximum Gasteiger partial charge on any atom is 0.119 e. The molecule has 1 aliphatic rings. The monoisotopic (exact) mass is 398 g/mol. The van der Waals surface area contributed by atoms with Crippen molar-refractivity contribution in [3.63, 3.8) is 0 Å².